The number of aryl methyl sites for hydroxylation is 1. The van der Waals surface area contributed by atoms with Gasteiger partial charge in [0, 0.05) is 18.3 Å². The van der Waals surface area contributed by atoms with Crippen molar-refractivity contribution in [3.8, 4) is 0 Å². The minimum atomic E-state index is -0.955. The van der Waals surface area contributed by atoms with Gasteiger partial charge < -0.3 is 9.67 Å². The Morgan fingerprint density at radius 1 is 1.42 bits per heavy atom. The van der Waals surface area contributed by atoms with Crippen molar-refractivity contribution >= 4 is 5.97 Å². The van der Waals surface area contributed by atoms with Gasteiger partial charge in [-0.1, -0.05) is 13.3 Å². The molecule has 1 N–H and O–H groups in total. The van der Waals surface area contributed by atoms with E-state index in [2.05, 4.69) is 6.92 Å². The number of carbonyl (C=O) groups is 1. The van der Waals surface area contributed by atoms with Crippen molar-refractivity contribution in [2.24, 2.45) is 11.8 Å². The van der Waals surface area contributed by atoms with E-state index in [-0.39, 0.29) is 11.1 Å². The van der Waals surface area contributed by atoms with Crippen molar-refractivity contribution in [2.45, 2.75) is 46.6 Å². The highest BCUT2D eigenvalue weighted by atomic mass is 16.4. The molecule has 1 aromatic rings. The lowest BCUT2D eigenvalue weighted by Crippen LogP contribution is -2.28. The van der Waals surface area contributed by atoms with E-state index < -0.39 is 5.97 Å². The van der Waals surface area contributed by atoms with E-state index in [0.29, 0.717) is 29.6 Å². The Bertz CT molecular complexity index is 559. The molecule has 0 amide bonds. The zero-order chi connectivity index (χ0) is 14.2. The fourth-order valence-corrected chi connectivity index (χ4v) is 3.22. The first kappa shape index (κ1) is 13.8. The normalized spacial score (nSPS) is 22.7. The zero-order valence-corrected chi connectivity index (χ0v) is 11.8. The zero-order valence-electron chi connectivity index (χ0n) is 11.8. The van der Waals surface area contributed by atoms with E-state index in [4.69, 9.17) is 0 Å². The fraction of sp³-hybridized carbons (Fsp3) is 0.600. The number of carboxylic acid groups (broad SMARTS) is 1. The third-order valence-corrected chi connectivity index (χ3v) is 4.23. The van der Waals surface area contributed by atoms with E-state index in [0.717, 1.165) is 12.8 Å². The second-order valence-electron chi connectivity index (χ2n) is 5.83. The van der Waals surface area contributed by atoms with Crippen LogP contribution in [0, 0.1) is 25.7 Å². The minimum Gasteiger partial charge on any atom is -0.478 e. The SMILES string of the molecule is Cc1cc(=O)n(CC2CCC(C)C2)c(C)c1C(=O)O. The number of nitrogens with zero attached hydrogens (tertiary/aromatic N) is 1. The number of pyridine rings is 1. The number of carboxylic acids is 1. The summed E-state index contributed by atoms with van der Waals surface area (Å²) in [7, 11) is 0. The molecular formula is C15H21NO3. The molecule has 2 unspecified atom stereocenters. The van der Waals surface area contributed by atoms with Gasteiger partial charge in [-0.15, -0.1) is 0 Å². The van der Waals surface area contributed by atoms with Crippen LogP contribution in [-0.4, -0.2) is 15.6 Å². The summed E-state index contributed by atoms with van der Waals surface area (Å²) in [6, 6.07) is 1.44. The molecule has 4 heteroatoms. The summed E-state index contributed by atoms with van der Waals surface area (Å²) in [6.07, 6.45) is 3.46. The summed E-state index contributed by atoms with van der Waals surface area (Å²) in [5, 5.41) is 9.25. The third kappa shape index (κ3) is 2.72. The van der Waals surface area contributed by atoms with Gasteiger partial charge in [-0.3, -0.25) is 4.79 Å². The van der Waals surface area contributed by atoms with Crippen LogP contribution >= 0.6 is 0 Å². The predicted molar refractivity (Wildman–Crippen MR) is 73.6 cm³/mol. The summed E-state index contributed by atoms with van der Waals surface area (Å²) in [4.78, 5) is 23.4. The molecule has 0 radical (unpaired) electrons. The number of hydrogen-bond donors (Lipinski definition) is 1. The van der Waals surface area contributed by atoms with Gasteiger partial charge in [-0.05, 0) is 44.1 Å². The standard InChI is InChI=1S/C15H21NO3/c1-9-4-5-12(6-9)8-16-11(3)14(15(18)19)10(2)7-13(16)17/h7,9,12H,4-6,8H2,1-3H3,(H,18,19). The summed E-state index contributed by atoms with van der Waals surface area (Å²) >= 11 is 0. The number of rotatable bonds is 3. The second-order valence-corrected chi connectivity index (χ2v) is 5.83. The average Bonchev–Trinajstić information content (AvgIpc) is 2.69. The summed E-state index contributed by atoms with van der Waals surface area (Å²) in [5.74, 6) is 0.254. The average molecular weight is 263 g/mol. The number of aromatic carboxylic acids is 1. The maximum atomic E-state index is 12.1. The molecule has 1 saturated carbocycles. The summed E-state index contributed by atoms with van der Waals surface area (Å²) in [6.45, 7) is 6.29. The lowest BCUT2D eigenvalue weighted by molar-refractivity contribution is 0.0694. The Kier molecular flexibility index (Phi) is 3.78. The predicted octanol–water partition coefficient (Wildman–Crippen LogP) is 2.60. The van der Waals surface area contributed by atoms with Crippen LogP contribution in [0.4, 0.5) is 0 Å². The molecule has 1 heterocycles. The maximum Gasteiger partial charge on any atom is 0.337 e. The number of aromatic nitrogens is 1. The van der Waals surface area contributed by atoms with Crippen LogP contribution in [-0.2, 0) is 6.54 Å². The fourth-order valence-electron chi connectivity index (χ4n) is 3.22. The van der Waals surface area contributed by atoms with Crippen molar-refractivity contribution in [2.75, 3.05) is 0 Å². The number of hydrogen-bond acceptors (Lipinski definition) is 2. The highest BCUT2D eigenvalue weighted by Gasteiger charge is 2.24. The molecule has 19 heavy (non-hydrogen) atoms. The van der Waals surface area contributed by atoms with Gasteiger partial charge in [0.05, 0.1) is 5.56 Å². The molecule has 2 rings (SSSR count). The first-order valence-corrected chi connectivity index (χ1v) is 6.84. The monoisotopic (exact) mass is 263 g/mol. The van der Waals surface area contributed by atoms with Gasteiger partial charge in [0.1, 0.15) is 0 Å². The van der Waals surface area contributed by atoms with Gasteiger partial charge in [0.2, 0.25) is 0 Å². The molecule has 1 aliphatic carbocycles. The summed E-state index contributed by atoms with van der Waals surface area (Å²) in [5.41, 5.74) is 1.31. The van der Waals surface area contributed by atoms with Crippen LogP contribution in [0.3, 0.4) is 0 Å². The Morgan fingerprint density at radius 3 is 2.63 bits per heavy atom. The van der Waals surface area contributed by atoms with E-state index >= 15 is 0 Å². The quantitative estimate of drug-likeness (QED) is 0.911. The lowest BCUT2D eigenvalue weighted by atomic mass is 10.0. The Hall–Kier alpha value is -1.58. The molecule has 1 fully saturated rings. The van der Waals surface area contributed by atoms with Gasteiger partial charge in [0.15, 0.2) is 0 Å². The molecule has 104 valence electrons. The molecular weight excluding hydrogens is 242 g/mol. The van der Waals surface area contributed by atoms with Crippen molar-refractivity contribution in [1.82, 2.24) is 4.57 Å². The van der Waals surface area contributed by atoms with E-state index in [1.807, 2.05) is 0 Å². The Balaban J connectivity index is 2.37. The molecule has 4 nitrogen and oxygen atoms in total. The largest absolute Gasteiger partial charge is 0.478 e. The first-order chi connectivity index (χ1) is 8.90. The Morgan fingerprint density at radius 2 is 2.11 bits per heavy atom. The molecule has 2 atom stereocenters. The van der Waals surface area contributed by atoms with E-state index in [9.17, 15) is 14.7 Å². The van der Waals surface area contributed by atoms with Gasteiger partial charge in [-0.25, -0.2) is 4.79 Å². The maximum absolute atomic E-state index is 12.1. The highest BCUT2D eigenvalue weighted by molar-refractivity contribution is 5.90. The van der Waals surface area contributed by atoms with Crippen LogP contribution in [0.2, 0.25) is 0 Å². The van der Waals surface area contributed by atoms with Gasteiger partial charge in [-0.2, -0.15) is 0 Å². The highest BCUT2D eigenvalue weighted by Crippen LogP contribution is 2.31. The molecule has 0 aromatic carbocycles. The molecule has 1 aromatic heterocycles. The van der Waals surface area contributed by atoms with Crippen LogP contribution in [0.25, 0.3) is 0 Å². The van der Waals surface area contributed by atoms with Crippen LogP contribution in [0.15, 0.2) is 10.9 Å². The summed E-state index contributed by atoms with van der Waals surface area (Å²) < 4.78 is 1.64. The van der Waals surface area contributed by atoms with Crippen molar-refractivity contribution < 1.29 is 9.90 Å². The Labute approximate surface area is 113 Å². The van der Waals surface area contributed by atoms with Crippen LogP contribution in [0.1, 0.15) is 47.8 Å². The minimum absolute atomic E-state index is 0.0837. The van der Waals surface area contributed by atoms with Crippen molar-refractivity contribution in [3.05, 3.63) is 33.2 Å². The molecule has 0 bridgehead atoms. The molecule has 0 spiro atoms. The van der Waals surface area contributed by atoms with Crippen LogP contribution in [0.5, 0.6) is 0 Å². The van der Waals surface area contributed by atoms with E-state index in [1.165, 1.54) is 12.5 Å². The molecule has 1 aliphatic rings. The van der Waals surface area contributed by atoms with Crippen molar-refractivity contribution in [1.29, 1.82) is 0 Å². The van der Waals surface area contributed by atoms with Gasteiger partial charge in [0.25, 0.3) is 5.56 Å². The lowest BCUT2D eigenvalue weighted by Gasteiger charge is -2.17. The first-order valence-electron chi connectivity index (χ1n) is 6.84. The van der Waals surface area contributed by atoms with E-state index in [1.54, 1.807) is 18.4 Å². The third-order valence-electron chi connectivity index (χ3n) is 4.23. The van der Waals surface area contributed by atoms with Crippen molar-refractivity contribution in [3.63, 3.8) is 0 Å². The molecule has 0 saturated heterocycles. The van der Waals surface area contributed by atoms with Crippen LogP contribution < -0.4 is 5.56 Å². The second kappa shape index (κ2) is 5.19. The molecule has 0 aliphatic heterocycles. The topological polar surface area (TPSA) is 59.3 Å². The van der Waals surface area contributed by atoms with Gasteiger partial charge >= 0.3 is 5.97 Å². The smallest absolute Gasteiger partial charge is 0.337 e.